The lowest BCUT2D eigenvalue weighted by Crippen LogP contribution is -2.39. The summed E-state index contributed by atoms with van der Waals surface area (Å²) in [7, 11) is 0. The number of fused-ring (bicyclic) bond motifs is 1. The van der Waals surface area contributed by atoms with Crippen LogP contribution in [0.5, 0.6) is 0 Å². The van der Waals surface area contributed by atoms with Crippen molar-refractivity contribution in [3.05, 3.63) is 65.7 Å². The standard InChI is InChI=1S/C18H17NO2/c1-13-11-18(21)19(16-10-6-5-9-15(13)16)12-17(20)14-7-3-2-4-8-14/h2-10,13H,11-12H2,1H3. The number of nitrogens with zero attached hydrogens (tertiary/aromatic N) is 1. The van der Waals surface area contributed by atoms with Crippen LogP contribution < -0.4 is 4.90 Å². The predicted molar refractivity (Wildman–Crippen MR) is 82.6 cm³/mol. The number of ketones is 1. The molecule has 0 spiro atoms. The molecule has 0 saturated carbocycles. The molecular weight excluding hydrogens is 262 g/mol. The Morgan fingerprint density at radius 2 is 1.76 bits per heavy atom. The van der Waals surface area contributed by atoms with Gasteiger partial charge in [0, 0.05) is 17.7 Å². The Kier molecular flexibility index (Phi) is 3.57. The Hall–Kier alpha value is -2.42. The van der Waals surface area contributed by atoms with Crippen molar-refractivity contribution in [3.8, 4) is 0 Å². The maximum absolute atomic E-state index is 12.4. The van der Waals surface area contributed by atoms with Crippen molar-refractivity contribution in [2.75, 3.05) is 11.4 Å². The van der Waals surface area contributed by atoms with Gasteiger partial charge in [0.05, 0.1) is 6.54 Å². The molecule has 2 aromatic rings. The number of hydrogen-bond acceptors (Lipinski definition) is 2. The van der Waals surface area contributed by atoms with Gasteiger partial charge in [0.25, 0.3) is 0 Å². The maximum atomic E-state index is 12.4. The van der Waals surface area contributed by atoms with Crippen LogP contribution in [0, 0.1) is 0 Å². The first-order valence-corrected chi connectivity index (χ1v) is 7.14. The fourth-order valence-corrected chi connectivity index (χ4v) is 2.80. The van der Waals surface area contributed by atoms with Crippen molar-refractivity contribution in [1.29, 1.82) is 0 Å². The van der Waals surface area contributed by atoms with Crippen LogP contribution in [0.25, 0.3) is 0 Å². The molecule has 3 heteroatoms. The Labute approximate surface area is 124 Å². The van der Waals surface area contributed by atoms with Crippen LogP contribution in [0.4, 0.5) is 5.69 Å². The highest BCUT2D eigenvalue weighted by atomic mass is 16.2. The highest BCUT2D eigenvalue weighted by Crippen LogP contribution is 2.35. The van der Waals surface area contributed by atoms with E-state index in [2.05, 4.69) is 0 Å². The van der Waals surface area contributed by atoms with Gasteiger partial charge < -0.3 is 4.90 Å². The van der Waals surface area contributed by atoms with E-state index in [9.17, 15) is 9.59 Å². The molecule has 3 nitrogen and oxygen atoms in total. The molecule has 0 saturated heterocycles. The summed E-state index contributed by atoms with van der Waals surface area (Å²) in [5.41, 5.74) is 2.64. The molecule has 21 heavy (non-hydrogen) atoms. The monoisotopic (exact) mass is 279 g/mol. The first kappa shape index (κ1) is 13.6. The molecule has 0 N–H and O–H groups in total. The second kappa shape index (κ2) is 5.52. The van der Waals surface area contributed by atoms with E-state index in [1.165, 1.54) is 0 Å². The summed E-state index contributed by atoms with van der Waals surface area (Å²) < 4.78 is 0. The van der Waals surface area contributed by atoms with Gasteiger partial charge in [-0.2, -0.15) is 0 Å². The Bertz CT molecular complexity index is 679. The third-order valence-corrected chi connectivity index (χ3v) is 3.94. The largest absolute Gasteiger partial charge is 0.304 e. The van der Waals surface area contributed by atoms with Gasteiger partial charge in [0.2, 0.25) is 5.91 Å². The summed E-state index contributed by atoms with van der Waals surface area (Å²) in [6.45, 7) is 2.15. The second-order valence-corrected chi connectivity index (χ2v) is 5.43. The molecule has 1 aliphatic heterocycles. The third-order valence-electron chi connectivity index (χ3n) is 3.94. The van der Waals surface area contributed by atoms with Gasteiger partial charge in [0.1, 0.15) is 0 Å². The lowest BCUT2D eigenvalue weighted by atomic mass is 9.91. The SMILES string of the molecule is CC1CC(=O)N(CC(=O)c2ccccc2)c2ccccc21. The Morgan fingerprint density at radius 3 is 2.52 bits per heavy atom. The number of amides is 1. The van der Waals surface area contributed by atoms with Crippen LogP contribution in [0.3, 0.4) is 0 Å². The van der Waals surface area contributed by atoms with Crippen LogP contribution in [-0.2, 0) is 4.79 Å². The van der Waals surface area contributed by atoms with Crippen molar-refractivity contribution in [2.24, 2.45) is 0 Å². The number of Topliss-reactive ketones (excluding diaryl/α,β-unsaturated/α-hetero) is 1. The normalized spacial score (nSPS) is 17.5. The van der Waals surface area contributed by atoms with E-state index in [1.54, 1.807) is 17.0 Å². The molecule has 106 valence electrons. The number of carbonyl (C=O) groups excluding carboxylic acids is 2. The highest BCUT2D eigenvalue weighted by Gasteiger charge is 2.29. The fourth-order valence-electron chi connectivity index (χ4n) is 2.80. The first-order chi connectivity index (χ1) is 10.2. The molecule has 1 heterocycles. The molecule has 2 aromatic carbocycles. The van der Waals surface area contributed by atoms with Crippen LogP contribution in [0.2, 0.25) is 0 Å². The number of benzene rings is 2. The molecule has 0 fully saturated rings. The molecule has 1 aliphatic rings. The summed E-state index contributed by atoms with van der Waals surface area (Å²) in [4.78, 5) is 26.3. The number of carbonyl (C=O) groups is 2. The molecule has 0 bridgehead atoms. The van der Waals surface area contributed by atoms with E-state index >= 15 is 0 Å². The van der Waals surface area contributed by atoms with Gasteiger partial charge in [0.15, 0.2) is 5.78 Å². The highest BCUT2D eigenvalue weighted by molar-refractivity contribution is 6.06. The zero-order valence-corrected chi connectivity index (χ0v) is 12.0. The fraction of sp³-hybridized carbons (Fsp3) is 0.222. The molecule has 1 unspecified atom stereocenters. The summed E-state index contributed by atoms with van der Waals surface area (Å²) in [5, 5.41) is 0. The average Bonchev–Trinajstić information content (AvgIpc) is 2.52. The van der Waals surface area contributed by atoms with Crippen molar-refractivity contribution < 1.29 is 9.59 Å². The predicted octanol–water partition coefficient (Wildman–Crippen LogP) is 3.41. The zero-order valence-electron chi connectivity index (χ0n) is 12.0. The lowest BCUT2D eigenvalue weighted by Gasteiger charge is -2.32. The van der Waals surface area contributed by atoms with Gasteiger partial charge >= 0.3 is 0 Å². The maximum Gasteiger partial charge on any atom is 0.228 e. The molecule has 3 rings (SSSR count). The quantitative estimate of drug-likeness (QED) is 0.807. The zero-order chi connectivity index (χ0) is 14.8. The van der Waals surface area contributed by atoms with Gasteiger partial charge in [-0.1, -0.05) is 55.5 Å². The van der Waals surface area contributed by atoms with Gasteiger partial charge in [-0.25, -0.2) is 0 Å². The summed E-state index contributed by atoms with van der Waals surface area (Å²) in [6, 6.07) is 16.9. The van der Waals surface area contributed by atoms with Crippen molar-refractivity contribution in [1.82, 2.24) is 0 Å². The minimum atomic E-state index is -0.0340. The number of anilines is 1. The Balaban J connectivity index is 1.90. The molecule has 0 aromatic heterocycles. The van der Waals surface area contributed by atoms with E-state index in [0.29, 0.717) is 12.0 Å². The van der Waals surface area contributed by atoms with Gasteiger partial charge in [-0.15, -0.1) is 0 Å². The van der Waals surface area contributed by atoms with Crippen molar-refractivity contribution >= 4 is 17.4 Å². The lowest BCUT2D eigenvalue weighted by molar-refractivity contribution is -0.119. The molecular formula is C18H17NO2. The number of rotatable bonds is 3. The van der Waals surface area contributed by atoms with Gasteiger partial charge in [-0.05, 0) is 17.5 Å². The van der Waals surface area contributed by atoms with Crippen LogP contribution in [0.15, 0.2) is 54.6 Å². The second-order valence-electron chi connectivity index (χ2n) is 5.43. The molecule has 1 atom stereocenters. The van der Waals surface area contributed by atoms with E-state index in [1.807, 2.05) is 49.4 Å². The Morgan fingerprint density at radius 1 is 1.10 bits per heavy atom. The van der Waals surface area contributed by atoms with E-state index in [-0.39, 0.29) is 24.2 Å². The molecule has 0 radical (unpaired) electrons. The molecule has 1 amide bonds. The average molecular weight is 279 g/mol. The van der Waals surface area contributed by atoms with Crippen LogP contribution in [0.1, 0.15) is 35.2 Å². The summed E-state index contributed by atoms with van der Waals surface area (Å²) in [6.07, 6.45) is 0.457. The van der Waals surface area contributed by atoms with Gasteiger partial charge in [-0.3, -0.25) is 9.59 Å². The smallest absolute Gasteiger partial charge is 0.228 e. The van der Waals surface area contributed by atoms with E-state index < -0.39 is 0 Å². The van der Waals surface area contributed by atoms with Crippen LogP contribution in [-0.4, -0.2) is 18.2 Å². The third kappa shape index (κ3) is 2.59. The number of para-hydroxylation sites is 1. The minimum Gasteiger partial charge on any atom is -0.304 e. The molecule has 0 aliphatic carbocycles. The summed E-state index contributed by atoms with van der Waals surface area (Å²) >= 11 is 0. The van der Waals surface area contributed by atoms with E-state index in [0.717, 1.165) is 11.3 Å². The van der Waals surface area contributed by atoms with E-state index in [4.69, 9.17) is 0 Å². The topological polar surface area (TPSA) is 37.4 Å². The summed E-state index contributed by atoms with van der Waals surface area (Å²) in [5.74, 6) is 0.190. The van der Waals surface area contributed by atoms with Crippen molar-refractivity contribution in [3.63, 3.8) is 0 Å². The van der Waals surface area contributed by atoms with Crippen molar-refractivity contribution in [2.45, 2.75) is 19.3 Å². The minimum absolute atomic E-state index is 0.0190. The first-order valence-electron chi connectivity index (χ1n) is 7.14. The van der Waals surface area contributed by atoms with Crippen LogP contribution >= 0.6 is 0 Å². The number of hydrogen-bond donors (Lipinski definition) is 0.